The summed E-state index contributed by atoms with van der Waals surface area (Å²) in [7, 11) is 0. The van der Waals surface area contributed by atoms with Gasteiger partial charge in [-0.05, 0) is 63.4 Å². The molecular formula is C22H27N3O6. The fourth-order valence-corrected chi connectivity index (χ4v) is 6.33. The normalized spacial score (nSPS) is 31.5. The van der Waals surface area contributed by atoms with E-state index in [2.05, 4.69) is 10.6 Å². The Morgan fingerprint density at radius 3 is 2.42 bits per heavy atom. The van der Waals surface area contributed by atoms with Crippen molar-refractivity contribution in [3.63, 3.8) is 0 Å². The number of nitro benzene ring substituents is 1. The number of esters is 1. The molecule has 4 aliphatic carbocycles. The Morgan fingerprint density at radius 1 is 1.16 bits per heavy atom. The third-order valence-corrected chi connectivity index (χ3v) is 6.95. The van der Waals surface area contributed by atoms with E-state index in [4.69, 9.17) is 4.74 Å². The molecule has 1 aromatic rings. The quantitative estimate of drug-likeness (QED) is 0.407. The Kier molecular flexibility index (Phi) is 5.23. The van der Waals surface area contributed by atoms with Crippen molar-refractivity contribution in [1.29, 1.82) is 0 Å². The van der Waals surface area contributed by atoms with Gasteiger partial charge in [0, 0.05) is 18.5 Å². The Hall–Kier alpha value is -2.97. The van der Waals surface area contributed by atoms with Crippen LogP contribution in [-0.2, 0) is 19.1 Å². The standard InChI is InChI=1S/C22H27N3O6/c1-13(19(27)23-17-5-3-4-6-18(17)25(29)30)31-20(28)21-8-15-7-16(9-21)11-22(10-15,12-21)24-14(2)26/h3-6,13,15-16H,7-12H2,1-2H3,(H,23,27)(H,24,26). The average molecular weight is 429 g/mol. The van der Waals surface area contributed by atoms with Gasteiger partial charge in [-0.25, -0.2) is 0 Å². The molecule has 4 aliphatic rings. The number of benzene rings is 1. The van der Waals surface area contributed by atoms with E-state index in [1.54, 1.807) is 6.07 Å². The number of hydrogen-bond donors (Lipinski definition) is 2. The smallest absolute Gasteiger partial charge is 0.312 e. The maximum Gasteiger partial charge on any atom is 0.312 e. The molecule has 9 nitrogen and oxygen atoms in total. The van der Waals surface area contributed by atoms with Crippen LogP contribution in [0.1, 0.15) is 52.4 Å². The first-order valence-corrected chi connectivity index (χ1v) is 10.7. The summed E-state index contributed by atoms with van der Waals surface area (Å²) in [5.74, 6) is -0.415. The molecule has 0 aromatic heterocycles. The van der Waals surface area contributed by atoms with E-state index < -0.39 is 28.3 Å². The van der Waals surface area contributed by atoms with Crippen LogP contribution in [0.2, 0.25) is 0 Å². The lowest BCUT2D eigenvalue weighted by Gasteiger charge is -2.60. The first kappa shape index (κ1) is 21.3. The molecule has 31 heavy (non-hydrogen) atoms. The molecule has 0 aliphatic heterocycles. The first-order valence-electron chi connectivity index (χ1n) is 10.7. The van der Waals surface area contributed by atoms with Crippen LogP contribution in [0.25, 0.3) is 0 Å². The molecule has 0 spiro atoms. The molecule has 4 saturated carbocycles. The molecule has 5 rings (SSSR count). The molecule has 3 atom stereocenters. The Morgan fingerprint density at radius 2 is 1.81 bits per heavy atom. The zero-order valence-corrected chi connectivity index (χ0v) is 17.7. The van der Waals surface area contributed by atoms with Gasteiger partial charge in [-0.2, -0.15) is 0 Å². The lowest BCUT2D eigenvalue weighted by Crippen LogP contribution is -2.65. The molecule has 2 amide bonds. The first-order chi connectivity index (χ1) is 14.6. The Balaban J connectivity index is 1.46. The molecule has 0 heterocycles. The predicted octanol–water partition coefficient (Wildman–Crippen LogP) is 2.94. The van der Waals surface area contributed by atoms with Crippen LogP contribution in [0.15, 0.2) is 24.3 Å². The van der Waals surface area contributed by atoms with E-state index in [-0.39, 0.29) is 22.8 Å². The third kappa shape index (κ3) is 4.00. The van der Waals surface area contributed by atoms with Gasteiger partial charge in [-0.15, -0.1) is 0 Å². The van der Waals surface area contributed by atoms with Crippen LogP contribution in [0, 0.1) is 27.4 Å². The van der Waals surface area contributed by atoms with Gasteiger partial charge in [0.1, 0.15) is 5.69 Å². The summed E-state index contributed by atoms with van der Waals surface area (Å²) in [6.45, 7) is 2.96. The highest BCUT2D eigenvalue weighted by molar-refractivity contribution is 5.97. The second-order valence-corrected chi connectivity index (χ2v) is 9.51. The average Bonchev–Trinajstić information content (AvgIpc) is 2.66. The molecule has 2 N–H and O–H groups in total. The number of nitrogens with one attached hydrogen (secondary N) is 2. The predicted molar refractivity (Wildman–Crippen MR) is 111 cm³/mol. The van der Waals surface area contributed by atoms with E-state index in [1.165, 1.54) is 32.0 Å². The number of hydrogen-bond acceptors (Lipinski definition) is 6. The third-order valence-electron chi connectivity index (χ3n) is 6.95. The highest BCUT2D eigenvalue weighted by Crippen LogP contribution is 2.62. The summed E-state index contributed by atoms with van der Waals surface area (Å²) >= 11 is 0. The molecule has 1 aromatic carbocycles. The number of rotatable bonds is 6. The maximum atomic E-state index is 13.2. The van der Waals surface area contributed by atoms with Crippen molar-refractivity contribution in [2.75, 3.05) is 5.32 Å². The van der Waals surface area contributed by atoms with Crippen LogP contribution in [-0.4, -0.2) is 34.3 Å². The fraction of sp³-hybridized carbons (Fsp3) is 0.591. The zero-order chi connectivity index (χ0) is 22.4. The molecule has 4 bridgehead atoms. The largest absolute Gasteiger partial charge is 0.452 e. The van der Waals surface area contributed by atoms with Crippen molar-refractivity contribution < 1.29 is 24.0 Å². The van der Waals surface area contributed by atoms with Crippen molar-refractivity contribution in [2.45, 2.75) is 64.0 Å². The van der Waals surface area contributed by atoms with E-state index in [0.29, 0.717) is 31.1 Å². The van der Waals surface area contributed by atoms with Gasteiger partial charge in [0.15, 0.2) is 6.10 Å². The minimum atomic E-state index is -1.10. The summed E-state index contributed by atoms with van der Waals surface area (Å²) in [6, 6.07) is 5.81. The summed E-state index contributed by atoms with van der Waals surface area (Å²) in [5, 5.41) is 16.7. The van der Waals surface area contributed by atoms with E-state index in [9.17, 15) is 24.5 Å². The van der Waals surface area contributed by atoms with Crippen LogP contribution in [0.3, 0.4) is 0 Å². The highest BCUT2D eigenvalue weighted by Gasteiger charge is 2.61. The van der Waals surface area contributed by atoms with Gasteiger partial charge in [0.2, 0.25) is 5.91 Å². The van der Waals surface area contributed by atoms with Gasteiger partial charge >= 0.3 is 5.97 Å². The lowest BCUT2D eigenvalue weighted by molar-refractivity contribution is -0.383. The zero-order valence-electron chi connectivity index (χ0n) is 17.7. The molecule has 3 unspecified atom stereocenters. The molecule has 0 saturated heterocycles. The van der Waals surface area contributed by atoms with Crippen LogP contribution in [0.5, 0.6) is 0 Å². The molecule has 9 heteroatoms. The van der Waals surface area contributed by atoms with Crippen LogP contribution >= 0.6 is 0 Å². The van der Waals surface area contributed by atoms with Crippen molar-refractivity contribution in [3.05, 3.63) is 34.4 Å². The topological polar surface area (TPSA) is 128 Å². The Labute approximate surface area is 180 Å². The highest BCUT2D eigenvalue weighted by atomic mass is 16.6. The monoisotopic (exact) mass is 429 g/mol. The maximum absolute atomic E-state index is 13.2. The van der Waals surface area contributed by atoms with Crippen molar-refractivity contribution in [2.24, 2.45) is 17.3 Å². The van der Waals surface area contributed by atoms with Crippen molar-refractivity contribution >= 4 is 29.2 Å². The van der Waals surface area contributed by atoms with Crippen molar-refractivity contribution in [1.82, 2.24) is 5.32 Å². The molecule has 4 fully saturated rings. The second kappa shape index (κ2) is 7.62. The Bertz CT molecular complexity index is 931. The summed E-state index contributed by atoms with van der Waals surface area (Å²) in [5.41, 5.74) is -1.24. The van der Waals surface area contributed by atoms with E-state index in [1.807, 2.05) is 0 Å². The van der Waals surface area contributed by atoms with E-state index in [0.717, 1.165) is 19.3 Å². The van der Waals surface area contributed by atoms with Gasteiger partial charge in [-0.3, -0.25) is 24.5 Å². The molecule has 0 radical (unpaired) electrons. The van der Waals surface area contributed by atoms with Gasteiger partial charge < -0.3 is 15.4 Å². The van der Waals surface area contributed by atoms with E-state index >= 15 is 0 Å². The second-order valence-electron chi connectivity index (χ2n) is 9.51. The minimum absolute atomic E-state index is 0.0554. The minimum Gasteiger partial charge on any atom is -0.452 e. The SMILES string of the molecule is CC(=O)NC12CC3CC(C1)CC(C(=O)OC(C)C(=O)Nc1ccccc1[N+](=O)[O-])(C3)C2. The number of carbonyl (C=O) groups excluding carboxylic acids is 3. The summed E-state index contributed by atoms with van der Waals surface area (Å²) in [6.07, 6.45) is 3.67. The lowest BCUT2D eigenvalue weighted by atomic mass is 9.47. The van der Waals surface area contributed by atoms with Crippen LogP contribution in [0.4, 0.5) is 11.4 Å². The van der Waals surface area contributed by atoms with Gasteiger partial charge in [0.25, 0.3) is 11.6 Å². The van der Waals surface area contributed by atoms with Crippen molar-refractivity contribution in [3.8, 4) is 0 Å². The number of amides is 2. The van der Waals surface area contributed by atoms with Crippen LogP contribution < -0.4 is 10.6 Å². The number of nitrogens with zero attached hydrogens (tertiary/aromatic N) is 1. The van der Waals surface area contributed by atoms with Gasteiger partial charge in [-0.1, -0.05) is 12.1 Å². The number of carbonyl (C=O) groups is 3. The molecule has 166 valence electrons. The summed E-state index contributed by atoms with van der Waals surface area (Å²) < 4.78 is 5.59. The number of anilines is 1. The number of para-hydroxylation sites is 2. The molecular weight excluding hydrogens is 402 g/mol. The summed E-state index contributed by atoms with van der Waals surface area (Å²) in [4.78, 5) is 48.2. The number of ether oxygens (including phenoxy) is 1. The fourth-order valence-electron chi connectivity index (χ4n) is 6.33. The van der Waals surface area contributed by atoms with Gasteiger partial charge in [0.05, 0.1) is 10.3 Å². The number of nitro groups is 1.